The lowest BCUT2D eigenvalue weighted by molar-refractivity contribution is -0.665. The van der Waals surface area contributed by atoms with Gasteiger partial charge >= 0.3 is 0 Å². The lowest BCUT2D eigenvalue weighted by Crippen LogP contribution is -2.35. The number of hydrogen-bond donors (Lipinski definition) is 0. The van der Waals surface area contributed by atoms with Crippen LogP contribution in [0.4, 0.5) is 5.69 Å². The maximum Gasteiger partial charge on any atom is 0.273 e. The standard InChI is InChI=1S/C29H24N3OS3/c1-3-31-22-14-8-10-16-24(22)35-27(31)19-28-32(20-11-5-4-6-12-20)29(33)25(36-28)17-18-26-30(2)21-13-7-9-15-23(21)34-26/h4-19H,3H2,1-2H3/q+1/b25-17-,26-18-. The molecule has 0 N–H and O–H groups in total. The highest BCUT2D eigenvalue weighted by molar-refractivity contribution is 8.03. The van der Waals surface area contributed by atoms with E-state index in [1.807, 2.05) is 41.0 Å². The lowest BCUT2D eigenvalue weighted by atomic mass is 10.3. The average molecular weight is 527 g/mol. The van der Waals surface area contributed by atoms with E-state index in [0.29, 0.717) is 4.53 Å². The normalized spacial score (nSPS) is 15.4. The van der Waals surface area contributed by atoms with Crippen molar-refractivity contribution in [3.63, 3.8) is 0 Å². The smallest absolute Gasteiger partial charge is 0.273 e. The summed E-state index contributed by atoms with van der Waals surface area (Å²) in [4.78, 5) is 17.1. The second kappa shape index (κ2) is 9.58. The third kappa shape index (κ3) is 4.03. The highest BCUT2D eigenvalue weighted by Gasteiger charge is 2.21. The second-order valence-electron chi connectivity index (χ2n) is 8.38. The number of nitrogens with zero attached hydrogens (tertiary/aromatic N) is 3. The van der Waals surface area contributed by atoms with Crippen molar-refractivity contribution in [2.45, 2.75) is 18.4 Å². The molecule has 3 aromatic carbocycles. The van der Waals surface area contributed by atoms with E-state index in [-0.39, 0.29) is 5.56 Å². The second-order valence-corrected chi connectivity index (χ2v) is 11.6. The summed E-state index contributed by atoms with van der Waals surface area (Å²) in [7, 11) is 2.07. The topological polar surface area (TPSA) is 29.1 Å². The van der Waals surface area contributed by atoms with E-state index < -0.39 is 0 Å². The van der Waals surface area contributed by atoms with Crippen molar-refractivity contribution in [1.82, 2.24) is 4.57 Å². The first-order valence-corrected chi connectivity index (χ1v) is 14.2. The molecule has 0 atom stereocenters. The molecule has 7 heteroatoms. The van der Waals surface area contributed by atoms with E-state index in [9.17, 15) is 4.79 Å². The Morgan fingerprint density at radius 1 is 0.889 bits per heavy atom. The van der Waals surface area contributed by atoms with E-state index in [2.05, 4.69) is 84.1 Å². The van der Waals surface area contributed by atoms with Gasteiger partial charge in [0.15, 0.2) is 0 Å². The molecule has 0 spiro atoms. The SMILES string of the molecule is CC[n+]1c(/C=c2\s/c(=C\C=C3/Sc4ccccc4N3C)c(=O)n2-c2ccccc2)sc2ccccc21. The van der Waals surface area contributed by atoms with Crippen LogP contribution < -0.4 is 24.2 Å². The number of allylic oxidation sites excluding steroid dienone is 1. The van der Waals surface area contributed by atoms with Gasteiger partial charge in [0.2, 0.25) is 5.52 Å². The molecule has 0 unspecified atom stereocenters. The van der Waals surface area contributed by atoms with Crippen molar-refractivity contribution in [1.29, 1.82) is 0 Å². The quantitative estimate of drug-likeness (QED) is 0.305. The number of para-hydroxylation sites is 3. The fourth-order valence-corrected chi connectivity index (χ4v) is 7.72. The minimum absolute atomic E-state index is 0.00150. The number of thiazole rings is 2. The summed E-state index contributed by atoms with van der Waals surface area (Å²) in [6.07, 6.45) is 6.18. The fourth-order valence-electron chi connectivity index (χ4n) is 4.44. The van der Waals surface area contributed by atoms with Gasteiger partial charge in [-0.15, -0.1) is 11.3 Å². The van der Waals surface area contributed by atoms with Crippen molar-refractivity contribution in [3.05, 3.63) is 115 Å². The average Bonchev–Trinajstić information content (AvgIpc) is 3.53. The molecular weight excluding hydrogens is 503 g/mol. The van der Waals surface area contributed by atoms with Crippen LogP contribution in [0, 0.1) is 0 Å². The third-order valence-electron chi connectivity index (χ3n) is 6.21. The Bertz CT molecular complexity index is 1800. The van der Waals surface area contributed by atoms with Crippen LogP contribution in [0.2, 0.25) is 0 Å². The molecule has 1 aliphatic rings. The Labute approximate surface area is 221 Å². The first kappa shape index (κ1) is 23.0. The molecule has 1 aliphatic heterocycles. The molecule has 0 amide bonds. The third-order valence-corrected chi connectivity index (χ3v) is 9.55. The number of anilines is 1. The number of benzene rings is 3. The van der Waals surface area contributed by atoms with Gasteiger partial charge in [0.1, 0.15) is 15.9 Å². The van der Waals surface area contributed by atoms with E-state index in [1.165, 1.54) is 32.1 Å². The summed E-state index contributed by atoms with van der Waals surface area (Å²) in [5.41, 5.74) is 3.29. The van der Waals surface area contributed by atoms with E-state index in [0.717, 1.165) is 26.9 Å². The van der Waals surface area contributed by atoms with Gasteiger partial charge in [0.05, 0.1) is 27.0 Å². The van der Waals surface area contributed by atoms with Gasteiger partial charge in [-0.3, -0.25) is 9.36 Å². The van der Waals surface area contributed by atoms with Crippen LogP contribution in [-0.2, 0) is 6.54 Å². The van der Waals surface area contributed by atoms with Gasteiger partial charge < -0.3 is 4.90 Å². The predicted molar refractivity (Wildman–Crippen MR) is 154 cm³/mol. The zero-order chi connectivity index (χ0) is 24.6. The predicted octanol–water partition coefficient (Wildman–Crippen LogP) is 5.11. The van der Waals surface area contributed by atoms with Crippen LogP contribution in [0.3, 0.4) is 0 Å². The number of fused-ring (bicyclic) bond motifs is 2. The number of aryl methyl sites for hydroxylation is 1. The first-order chi connectivity index (χ1) is 17.6. The van der Waals surface area contributed by atoms with Crippen LogP contribution in [0.15, 0.2) is 99.7 Å². The Hall–Kier alpha value is -3.39. The Kier molecular flexibility index (Phi) is 6.13. The van der Waals surface area contributed by atoms with Crippen molar-refractivity contribution in [2.75, 3.05) is 11.9 Å². The highest BCUT2D eigenvalue weighted by Crippen LogP contribution is 2.44. The number of thioether (sulfide) groups is 1. The molecule has 2 aromatic heterocycles. The maximum atomic E-state index is 13.7. The molecule has 0 saturated heterocycles. The maximum absolute atomic E-state index is 13.7. The summed E-state index contributed by atoms with van der Waals surface area (Å²) in [5, 5.41) is 2.24. The Balaban J connectivity index is 1.53. The Morgan fingerprint density at radius 2 is 1.64 bits per heavy atom. The van der Waals surface area contributed by atoms with Gasteiger partial charge in [-0.1, -0.05) is 65.6 Å². The zero-order valence-electron chi connectivity index (χ0n) is 19.9. The summed E-state index contributed by atoms with van der Waals surface area (Å²) in [6, 6.07) is 26.7. The van der Waals surface area contributed by atoms with Crippen LogP contribution in [0.5, 0.6) is 0 Å². The van der Waals surface area contributed by atoms with Gasteiger partial charge in [-0.25, -0.2) is 0 Å². The van der Waals surface area contributed by atoms with Crippen molar-refractivity contribution in [3.8, 4) is 5.69 Å². The molecule has 0 radical (unpaired) electrons. The van der Waals surface area contributed by atoms with Crippen molar-refractivity contribution in [2.24, 2.45) is 0 Å². The molecule has 5 aromatic rings. The molecule has 0 aliphatic carbocycles. The molecule has 6 rings (SSSR count). The summed E-state index contributed by atoms with van der Waals surface area (Å²) in [6.45, 7) is 3.03. The molecule has 0 bridgehead atoms. The summed E-state index contributed by atoms with van der Waals surface area (Å²) < 4.78 is 7.02. The monoisotopic (exact) mass is 526 g/mol. The largest absolute Gasteiger partial charge is 0.338 e. The van der Waals surface area contributed by atoms with Crippen LogP contribution in [0.1, 0.15) is 11.9 Å². The van der Waals surface area contributed by atoms with Crippen molar-refractivity contribution < 1.29 is 4.57 Å². The van der Waals surface area contributed by atoms with E-state index in [4.69, 9.17) is 0 Å². The molecule has 3 heterocycles. The van der Waals surface area contributed by atoms with Crippen LogP contribution in [0.25, 0.3) is 28.1 Å². The van der Waals surface area contributed by atoms with Crippen molar-refractivity contribution >= 4 is 62.5 Å². The number of rotatable bonds is 4. The van der Waals surface area contributed by atoms with E-state index >= 15 is 0 Å². The molecule has 4 nitrogen and oxygen atoms in total. The molecule has 36 heavy (non-hydrogen) atoms. The van der Waals surface area contributed by atoms with Gasteiger partial charge in [0, 0.05) is 18.0 Å². The Morgan fingerprint density at radius 3 is 2.44 bits per heavy atom. The zero-order valence-corrected chi connectivity index (χ0v) is 22.4. The fraction of sp³-hybridized carbons (Fsp3) is 0.103. The van der Waals surface area contributed by atoms with Crippen LogP contribution in [-0.4, -0.2) is 11.6 Å². The number of aromatic nitrogens is 2. The molecule has 0 fully saturated rings. The lowest BCUT2D eigenvalue weighted by Gasteiger charge is -2.12. The molecular formula is C29H24N3OS3+. The molecule has 0 saturated carbocycles. The highest BCUT2D eigenvalue weighted by atomic mass is 32.2. The van der Waals surface area contributed by atoms with Gasteiger partial charge in [0.25, 0.3) is 10.6 Å². The number of hydrogen-bond acceptors (Lipinski definition) is 5. The van der Waals surface area contributed by atoms with Gasteiger partial charge in [-0.05, 0) is 49.4 Å². The summed E-state index contributed by atoms with van der Waals surface area (Å²) >= 11 is 5.02. The first-order valence-electron chi connectivity index (χ1n) is 11.8. The van der Waals surface area contributed by atoms with E-state index in [1.54, 1.807) is 23.1 Å². The summed E-state index contributed by atoms with van der Waals surface area (Å²) in [5.74, 6) is 0. The molecule has 178 valence electrons. The van der Waals surface area contributed by atoms with Crippen LogP contribution >= 0.6 is 34.4 Å². The minimum atomic E-state index is 0.00150. The van der Waals surface area contributed by atoms with Gasteiger partial charge in [-0.2, -0.15) is 4.57 Å². The minimum Gasteiger partial charge on any atom is -0.338 e.